The van der Waals surface area contributed by atoms with Gasteiger partial charge in [-0.2, -0.15) is 0 Å². The van der Waals surface area contributed by atoms with E-state index in [0.717, 1.165) is 5.57 Å². The van der Waals surface area contributed by atoms with Crippen LogP contribution in [0, 0.1) is 0 Å². The molecule has 6 nitrogen and oxygen atoms in total. The van der Waals surface area contributed by atoms with E-state index in [1.165, 1.54) is 0 Å². The second kappa shape index (κ2) is 6.30. The van der Waals surface area contributed by atoms with Crippen molar-refractivity contribution < 1.29 is 28.4 Å². The summed E-state index contributed by atoms with van der Waals surface area (Å²) in [6.07, 6.45) is -2.24. The minimum absolute atomic E-state index is 0.295. The van der Waals surface area contributed by atoms with Gasteiger partial charge in [-0.1, -0.05) is 6.58 Å². The van der Waals surface area contributed by atoms with E-state index in [-0.39, 0.29) is 24.4 Å². The Bertz CT molecular complexity index is 320. The van der Waals surface area contributed by atoms with Gasteiger partial charge in [0.2, 0.25) is 0 Å². The second-order valence-electron chi connectivity index (χ2n) is 4.52. The average Bonchev–Trinajstić information content (AvgIpc) is 2.74. The number of methoxy groups -OCH3 is 3. The minimum Gasteiger partial charge on any atom is -0.376 e. The molecule has 0 aromatic rings. The zero-order chi connectivity index (χ0) is 14.0. The fourth-order valence-electron chi connectivity index (χ4n) is 2.63. The van der Waals surface area contributed by atoms with E-state index in [9.17, 15) is 0 Å². The Balaban J connectivity index is 2.19. The Morgan fingerprint density at radius 2 is 1.74 bits per heavy atom. The topological polar surface area (TPSA) is 55.4 Å². The van der Waals surface area contributed by atoms with Crippen molar-refractivity contribution >= 4 is 0 Å². The lowest BCUT2D eigenvalue weighted by atomic mass is 9.96. The maximum Gasteiger partial charge on any atom is 0.186 e. The Morgan fingerprint density at radius 3 is 2.26 bits per heavy atom. The zero-order valence-corrected chi connectivity index (χ0v) is 11.8. The van der Waals surface area contributed by atoms with Gasteiger partial charge in [-0.15, -0.1) is 0 Å². The Kier molecular flexibility index (Phi) is 4.94. The van der Waals surface area contributed by atoms with Gasteiger partial charge in [-0.3, -0.25) is 0 Å². The van der Waals surface area contributed by atoms with Crippen molar-refractivity contribution in [1.29, 1.82) is 0 Å². The molecule has 110 valence electrons. The molecule has 2 heterocycles. The third-order valence-corrected chi connectivity index (χ3v) is 3.54. The second-order valence-corrected chi connectivity index (χ2v) is 4.52. The normalized spacial score (nSPS) is 42.4. The van der Waals surface area contributed by atoms with Crippen molar-refractivity contribution in [2.75, 3.05) is 27.9 Å². The van der Waals surface area contributed by atoms with Crippen LogP contribution in [0.15, 0.2) is 12.2 Å². The van der Waals surface area contributed by atoms with Crippen LogP contribution in [0.4, 0.5) is 0 Å². The van der Waals surface area contributed by atoms with Crippen molar-refractivity contribution in [3.05, 3.63) is 12.2 Å². The standard InChI is InChI=1S/C13H22O6/c1-6-17-12-7(2)8-10(19-12)9(14-3)11(15-4)13(16-5)18-8/h8-13H,2,6H2,1,3-5H3. The highest BCUT2D eigenvalue weighted by atomic mass is 16.7. The molecule has 6 unspecified atom stereocenters. The SMILES string of the molecule is C=C1C(OCC)OC2C1OC(OC)C(OC)C2OC. The molecule has 19 heavy (non-hydrogen) atoms. The molecule has 0 amide bonds. The molecule has 0 aromatic heterocycles. The number of fused-ring (bicyclic) bond motifs is 1. The van der Waals surface area contributed by atoms with Gasteiger partial charge in [0.05, 0.1) is 0 Å². The number of rotatable bonds is 5. The van der Waals surface area contributed by atoms with Gasteiger partial charge in [0.25, 0.3) is 0 Å². The summed E-state index contributed by atoms with van der Waals surface area (Å²) in [5, 5.41) is 0. The summed E-state index contributed by atoms with van der Waals surface area (Å²) in [5.41, 5.74) is 0.755. The van der Waals surface area contributed by atoms with E-state index in [4.69, 9.17) is 28.4 Å². The summed E-state index contributed by atoms with van der Waals surface area (Å²) in [6.45, 7) is 6.45. The van der Waals surface area contributed by atoms with Crippen LogP contribution in [0.5, 0.6) is 0 Å². The Labute approximate surface area is 113 Å². The maximum absolute atomic E-state index is 5.85. The molecule has 2 aliphatic rings. The average molecular weight is 274 g/mol. The molecule has 0 radical (unpaired) electrons. The predicted octanol–water partition coefficient (Wildman–Crippen LogP) is 0.705. The third kappa shape index (κ3) is 2.56. The van der Waals surface area contributed by atoms with E-state index >= 15 is 0 Å². The van der Waals surface area contributed by atoms with Crippen LogP contribution in [0.2, 0.25) is 0 Å². The summed E-state index contributed by atoms with van der Waals surface area (Å²) in [5.74, 6) is 0. The lowest BCUT2D eigenvalue weighted by Crippen LogP contribution is -2.58. The predicted molar refractivity (Wildman–Crippen MR) is 66.7 cm³/mol. The van der Waals surface area contributed by atoms with Gasteiger partial charge in [0.1, 0.15) is 24.4 Å². The molecule has 0 spiro atoms. The van der Waals surface area contributed by atoms with Crippen LogP contribution < -0.4 is 0 Å². The van der Waals surface area contributed by atoms with Crippen LogP contribution in [-0.2, 0) is 28.4 Å². The first kappa shape index (κ1) is 14.9. The van der Waals surface area contributed by atoms with Crippen LogP contribution in [0.25, 0.3) is 0 Å². The fraction of sp³-hybridized carbons (Fsp3) is 0.846. The van der Waals surface area contributed by atoms with E-state index < -0.39 is 12.6 Å². The molecule has 0 aromatic carbocycles. The summed E-state index contributed by atoms with van der Waals surface area (Å²) >= 11 is 0. The summed E-state index contributed by atoms with van der Waals surface area (Å²) < 4.78 is 33.4. The highest BCUT2D eigenvalue weighted by Crippen LogP contribution is 2.38. The monoisotopic (exact) mass is 274 g/mol. The Morgan fingerprint density at radius 1 is 1.05 bits per heavy atom. The van der Waals surface area contributed by atoms with Crippen molar-refractivity contribution in [2.24, 2.45) is 0 Å². The molecular formula is C13H22O6. The Hall–Kier alpha value is -0.500. The van der Waals surface area contributed by atoms with Crippen LogP contribution >= 0.6 is 0 Å². The molecule has 2 aliphatic heterocycles. The highest BCUT2D eigenvalue weighted by Gasteiger charge is 2.54. The van der Waals surface area contributed by atoms with Crippen molar-refractivity contribution in [3.63, 3.8) is 0 Å². The van der Waals surface area contributed by atoms with Gasteiger partial charge in [-0.05, 0) is 6.92 Å². The van der Waals surface area contributed by atoms with Crippen LogP contribution in [-0.4, -0.2) is 64.9 Å². The van der Waals surface area contributed by atoms with E-state index in [0.29, 0.717) is 6.61 Å². The van der Waals surface area contributed by atoms with Gasteiger partial charge in [0, 0.05) is 33.5 Å². The van der Waals surface area contributed by atoms with Gasteiger partial charge >= 0.3 is 0 Å². The lowest BCUT2D eigenvalue weighted by molar-refractivity contribution is -0.291. The van der Waals surface area contributed by atoms with Gasteiger partial charge in [-0.25, -0.2) is 0 Å². The number of hydrogen-bond donors (Lipinski definition) is 0. The number of ether oxygens (including phenoxy) is 6. The lowest BCUT2D eigenvalue weighted by Gasteiger charge is -2.41. The zero-order valence-electron chi connectivity index (χ0n) is 11.8. The van der Waals surface area contributed by atoms with Crippen molar-refractivity contribution in [1.82, 2.24) is 0 Å². The van der Waals surface area contributed by atoms with Crippen LogP contribution in [0.1, 0.15) is 6.92 Å². The molecule has 0 bridgehead atoms. The largest absolute Gasteiger partial charge is 0.376 e. The first-order valence-corrected chi connectivity index (χ1v) is 6.37. The van der Waals surface area contributed by atoms with Crippen LogP contribution in [0.3, 0.4) is 0 Å². The molecule has 6 heteroatoms. The molecule has 2 saturated heterocycles. The van der Waals surface area contributed by atoms with E-state index in [2.05, 4.69) is 6.58 Å². The quantitative estimate of drug-likeness (QED) is 0.688. The highest BCUT2D eigenvalue weighted by molar-refractivity contribution is 5.18. The minimum atomic E-state index is -0.517. The smallest absolute Gasteiger partial charge is 0.186 e. The first-order valence-electron chi connectivity index (χ1n) is 6.37. The molecule has 0 N–H and O–H groups in total. The molecule has 6 atom stereocenters. The summed E-state index contributed by atoms with van der Waals surface area (Å²) in [7, 11) is 4.78. The fourth-order valence-corrected chi connectivity index (χ4v) is 2.63. The number of hydrogen-bond acceptors (Lipinski definition) is 6. The van der Waals surface area contributed by atoms with Gasteiger partial charge < -0.3 is 28.4 Å². The third-order valence-electron chi connectivity index (χ3n) is 3.54. The first-order chi connectivity index (χ1) is 9.17. The molecule has 0 saturated carbocycles. The summed E-state index contributed by atoms with van der Waals surface area (Å²) in [4.78, 5) is 0. The van der Waals surface area contributed by atoms with E-state index in [1.807, 2.05) is 6.92 Å². The van der Waals surface area contributed by atoms with Crippen molar-refractivity contribution in [2.45, 2.75) is 43.9 Å². The maximum atomic E-state index is 5.85. The molecule has 2 fully saturated rings. The molecule has 0 aliphatic carbocycles. The van der Waals surface area contributed by atoms with Crippen molar-refractivity contribution in [3.8, 4) is 0 Å². The van der Waals surface area contributed by atoms with Gasteiger partial charge in [0.15, 0.2) is 12.6 Å². The van der Waals surface area contributed by atoms with E-state index in [1.54, 1.807) is 21.3 Å². The summed E-state index contributed by atoms with van der Waals surface area (Å²) in [6, 6.07) is 0. The molecular weight excluding hydrogens is 252 g/mol. The molecule has 2 rings (SSSR count).